The van der Waals surface area contributed by atoms with Gasteiger partial charge in [-0.2, -0.15) is 0 Å². The van der Waals surface area contributed by atoms with Crippen molar-refractivity contribution in [1.29, 1.82) is 0 Å². The molecule has 0 aromatic carbocycles. The highest BCUT2D eigenvalue weighted by atomic mass is 31.2. The molecule has 4 fully saturated rings. The molecule has 0 bridgehead atoms. The van der Waals surface area contributed by atoms with E-state index in [0.717, 1.165) is 30.6 Å². The van der Waals surface area contributed by atoms with Gasteiger partial charge in [0.25, 0.3) is 0 Å². The lowest BCUT2D eigenvalue weighted by Crippen LogP contribution is -2.45. The minimum Gasteiger partial charge on any atom is -0.316 e. The van der Waals surface area contributed by atoms with E-state index in [-0.39, 0.29) is 11.5 Å². The van der Waals surface area contributed by atoms with Crippen LogP contribution in [0.2, 0.25) is 0 Å². The number of hydrogen-bond donors (Lipinski definition) is 0. The van der Waals surface area contributed by atoms with Crippen molar-refractivity contribution in [3.63, 3.8) is 0 Å². The van der Waals surface area contributed by atoms with Crippen molar-refractivity contribution in [3.05, 3.63) is 0 Å². The van der Waals surface area contributed by atoms with Gasteiger partial charge in [-0.1, -0.05) is 33.6 Å². The number of hydrogen-bond acceptors (Lipinski definition) is 6. The van der Waals surface area contributed by atoms with Gasteiger partial charge in [-0.25, -0.2) is 0 Å². The van der Waals surface area contributed by atoms with Crippen LogP contribution in [0.25, 0.3) is 0 Å². The summed E-state index contributed by atoms with van der Waals surface area (Å²) >= 11 is 0. The Labute approximate surface area is 185 Å². The molecular weight excluding hydrogens is 422 g/mol. The molecule has 2 aliphatic carbocycles. The summed E-state index contributed by atoms with van der Waals surface area (Å²) in [7, 11) is -0.853. The summed E-state index contributed by atoms with van der Waals surface area (Å²) in [5, 5.41) is 0. The second-order valence-electron chi connectivity index (χ2n) is 10.6. The standard InChI is InChI=1S/C22H40O6P2/c1-17-5-7-18(8-6-17)21(2,3)19-9-11-20(12-10-19)28-30-26-15-22(16-27-30)13-24-29(23-4)25-14-22/h17-20H,5-16H2,1-4H3. The first-order chi connectivity index (χ1) is 14.4. The average molecular weight is 463 g/mol. The van der Waals surface area contributed by atoms with Gasteiger partial charge in [0, 0.05) is 7.11 Å². The third-order valence-electron chi connectivity index (χ3n) is 8.08. The molecule has 2 heterocycles. The summed E-state index contributed by atoms with van der Waals surface area (Å²) in [5.74, 6) is 2.63. The fraction of sp³-hybridized carbons (Fsp3) is 1.00. The first kappa shape index (κ1) is 23.8. The highest BCUT2D eigenvalue weighted by molar-refractivity contribution is 7.42. The summed E-state index contributed by atoms with van der Waals surface area (Å²) in [4.78, 5) is 0. The van der Waals surface area contributed by atoms with Crippen LogP contribution in [0.4, 0.5) is 0 Å². The molecular formula is C22H40O6P2. The minimum atomic E-state index is -1.26. The van der Waals surface area contributed by atoms with E-state index in [4.69, 9.17) is 27.1 Å². The Balaban J connectivity index is 1.18. The molecule has 4 aliphatic rings. The Morgan fingerprint density at radius 1 is 0.733 bits per heavy atom. The molecule has 2 saturated heterocycles. The second-order valence-corrected chi connectivity index (χ2v) is 13.1. The van der Waals surface area contributed by atoms with Crippen LogP contribution in [-0.2, 0) is 27.1 Å². The van der Waals surface area contributed by atoms with E-state index in [2.05, 4.69) is 20.8 Å². The van der Waals surface area contributed by atoms with Gasteiger partial charge in [0.1, 0.15) is 0 Å². The van der Waals surface area contributed by atoms with Crippen molar-refractivity contribution < 1.29 is 27.1 Å². The molecule has 0 aromatic rings. The van der Waals surface area contributed by atoms with Crippen LogP contribution in [0, 0.1) is 28.6 Å². The fourth-order valence-corrected chi connectivity index (χ4v) is 8.07. The normalized spacial score (nSPS) is 43.6. The van der Waals surface area contributed by atoms with E-state index in [1.807, 2.05) is 0 Å². The summed E-state index contributed by atoms with van der Waals surface area (Å²) in [5.41, 5.74) is 0.224. The average Bonchev–Trinajstić information content (AvgIpc) is 2.77. The van der Waals surface area contributed by atoms with Gasteiger partial charge in [-0.15, -0.1) is 0 Å². The first-order valence-electron chi connectivity index (χ1n) is 11.7. The molecule has 0 unspecified atom stereocenters. The topological polar surface area (TPSA) is 55.4 Å². The third-order valence-corrected chi connectivity index (χ3v) is 10.2. The molecule has 0 radical (unpaired) electrons. The van der Waals surface area contributed by atoms with E-state index < -0.39 is 17.2 Å². The second kappa shape index (κ2) is 10.3. The van der Waals surface area contributed by atoms with Gasteiger partial charge in [0.05, 0.1) is 37.9 Å². The van der Waals surface area contributed by atoms with E-state index in [0.29, 0.717) is 31.8 Å². The van der Waals surface area contributed by atoms with Crippen LogP contribution < -0.4 is 0 Å². The van der Waals surface area contributed by atoms with Gasteiger partial charge < -0.3 is 27.1 Å². The third kappa shape index (κ3) is 5.57. The molecule has 174 valence electrons. The maximum Gasteiger partial charge on any atom is 0.332 e. The Hall–Kier alpha value is 0.620. The largest absolute Gasteiger partial charge is 0.332 e. The summed E-state index contributed by atoms with van der Waals surface area (Å²) in [6, 6.07) is 0. The van der Waals surface area contributed by atoms with Crippen LogP contribution in [0.3, 0.4) is 0 Å². The molecule has 0 aromatic heterocycles. The van der Waals surface area contributed by atoms with E-state index in [9.17, 15) is 0 Å². The molecule has 0 N–H and O–H groups in total. The lowest BCUT2D eigenvalue weighted by Gasteiger charge is -2.47. The van der Waals surface area contributed by atoms with Crippen molar-refractivity contribution in [1.82, 2.24) is 0 Å². The highest BCUT2D eigenvalue weighted by Gasteiger charge is 2.45. The van der Waals surface area contributed by atoms with E-state index in [1.54, 1.807) is 7.11 Å². The predicted molar refractivity (Wildman–Crippen MR) is 119 cm³/mol. The van der Waals surface area contributed by atoms with Gasteiger partial charge >= 0.3 is 17.2 Å². The molecule has 2 aliphatic heterocycles. The van der Waals surface area contributed by atoms with Crippen molar-refractivity contribution in [2.24, 2.45) is 28.6 Å². The maximum absolute atomic E-state index is 6.25. The summed E-state index contributed by atoms with van der Waals surface area (Å²) < 4.78 is 34.6. The maximum atomic E-state index is 6.25. The zero-order valence-corrected chi connectivity index (χ0v) is 20.9. The Morgan fingerprint density at radius 3 is 1.70 bits per heavy atom. The minimum absolute atomic E-state index is 0.223. The predicted octanol–water partition coefficient (Wildman–Crippen LogP) is 6.59. The van der Waals surface area contributed by atoms with E-state index in [1.165, 1.54) is 38.5 Å². The SMILES string of the molecule is COP1OCC2(CO1)COP(OC1CCC(C(C)(C)C3CCC(C)CC3)CC1)OC2. The molecule has 0 amide bonds. The Bertz CT molecular complexity index is 528. The van der Waals surface area contributed by atoms with E-state index >= 15 is 0 Å². The van der Waals surface area contributed by atoms with Crippen LogP contribution in [0.15, 0.2) is 0 Å². The molecule has 2 saturated carbocycles. The van der Waals surface area contributed by atoms with Crippen molar-refractivity contribution in [2.75, 3.05) is 33.5 Å². The summed E-state index contributed by atoms with van der Waals surface area (Å²) in [6.07, 6.45) is 10.7. The molecule has 30 heavy (non-hydrogen) atoms. The monoisotopic (exact) mass is 462 g/mol. The first-order valence-corrected chi connectivity index (χ1v) is 13.9. The van der Waals surface area contributed by atoms with Gasteiger partial charge in [0.15, 0.2) is 0 Å². The Morgan fingerprint density at radius 2 is 1.20 bits per heavy atom. The fourth-order valence-electron chi connectivity index (χ4n) is 5.62. The lowest BCUT2D eigenvalue weighted by atomic mass is 9.60. The molecule has 8 heteroatoms. The van der Waals surface area contributed by atoms with Crippen molar-refractivity contribution in [2.45, 2.75) is 78.2 Å². The van der Waals surface area contributed by atoms with Crippen molar-refractivity contribution >= 4 is 17.2 Å². The van der Waals surface area contributed by atoms with Crippen LogP contribution >= 0.6 is 17.2 Å². The highest BCUT2D eigenvalue weighted by Crippen LogP contribution is 2.55. The van der Waals surface area contributed by atoms with Gasteiger partial charge in [-0.3, -0.25) is 0 Å². The van der Waals surface area contributed by atoms with Crippen LogP contribution in [0.1, 0.15) is 72.1 Å². The van der Waals surface area contributed by atoms with Crippen LogP contribution in [-0.4, -0.2) is 39.6 Å². The summed E-state index contributed by atoms with van der Waals surface area (Å²) in [6.45, 7) is 9.70. The smallest absolute Gasteiger partial charge is 0.316 e. The zero-order chi connectivity index (χ0) is 21.2. The molecule has 6 nitrogen and oxygen atoms in total. The molecule has 0 atom stereocenters. The van der Waals surface area contributed by atoms with Crippen LogP contribution in [0.5, 0.6) is 0 Å². The zero-order valence-electron chi connectivity index (χ0n) is 19.1. The Kier molecular flexibility index (Phi) is 8.13. The van der Waals surface area contributed by atoms with Crippen molar-refractivity contribution in [3.8, 4) is 0 Å². The lowest BCUT2D eigenvalue weighted by molar-refractivity contribution is -0.0801. The van der Waals surface area contributed by atoms with Gasteiger partial charge in [-0.05, 0) is 61.7 Å². The van der Waals surface area contributed by atoms with Gasteiger partial charge in [0.2, 0.25) is 0 Å². The quantitative estimate of drug-likeness (QED) is 0.430. The molecule has 1 spiro atoms. The number of rotatable bonds is 5. The molecule has 4 rings (SSSR count).